The molecule has 0 saturated carbocycles. The third-order valence-corrected chi connectivity index (χ3v) is 4.30. The van der Waals surface area contributed by atoms with E-state index in [1.807, 2.05) is 11.8 Å². The molecule has 0 aliphatic heterocycles. The third kappa shape index (κ3) is 4.04. The van der Waals surface area contributed by atoms with E-state index in [0.717, 1.165) is 12.2 Å². The van der Waals surface area contributed by atoms with Crippen LogP contribution in [-0.4, -0.2) is 18.1 Å². The van der Waals surface area contributed by atoms with Gasteiger partial charge in [0, 0.05) is 6.04 Å². The predicted octanol–water partition coefficient (Wildman–Crippen LogP) is 3.48. The first-order chi connectivity index (χ1) is 7.95. The number of aryl methyl sites for hydroxylation is 3. The van der Waals surface area contributed by atoms with E-state index in [2.05, 4.69) is 46.1 Å². The number of hydrogen-bond acceptors (Lipinski definition) is 2. The van der Waals surface area contributed by atoms with Crippen molar-refractivity contribution in [1.29, 1.82) is 0 Å². The molecule has 1 aromatic carbocycles. The molecule has 1 rings (SSSR count). The highest BCUT2D eigenvalue weighted by Gasteiger charge is 2.15. The Kier molecular flexibility index (Phi) is 5.54. The van der Waals surface area contributed by atoms with Gasteiger partial charge in [-0.15, -0.1) is 0 Å². The Balaban J connectivity index is 2.81. The Morgan fingerprint density at radius 2 is 1.71 bits per heavy atom. The van der Waals surface area contributed by atoms with E-state index in [1.165, 1.54) is 22.3 Å². The van der Waals surface area contributed by atoms with Crippen molar-refractivity contribution in [2.75, 3.05) is 12.0 Å². The number of rotatable bonds is 5. The molecule has 96 valence electrons. The zero-order valence-electron chi connectivity index (χ0n) is 11.7. The fourth-order valence-corrected chi connectivity index (χ4v) is 3.13. The van der Waals surface area contributed by atoms with E-state index in [4.69, 9.17) is 5.73 Å². The number of hydrogen-bond donors (Lipinski definition) is 1. The summed E-state index contributed by atoms with van der Waals surface area (Å²) in [6.45, 7) is 8.79. The van der Waals surface area contributed by atoms with Crippen LogP contribution in [-0.2, 0) is 6.42 Å². The van der Waals surface area contributed by atoms with Crippen molar-refractivity contribution < 1.29 is 0 Å². The number of benzene rings is 1. The number of thioether (sulfide) groups is 1. The Bertz CT molecular complexity index is 350. The first kappa shape index (κ1) is 14.6. The van der Waals surface area contributed by atoms with Gasteiger partial charge in [-0.3, -0.25) is 0 Å². The molecule has 0 aromatic heterocycles. The summed E-state index contributed by atoms with van der Waals surface area (Å²) >= 11 is 1.88. The summed E-state index contributed by atoms with van der Waals surface area (Å²) in [4.78, 5) is 0. The lowest BCUT2D eigenvalue weighted by atomic mass is 9.91. The minimum atomic E-state index is 0.266. The average molecular weight is 251 g/mol. The smallest absolute Gasteiger partial charge is 0.0113 e. The van der Waals surface area contributed by atoms with E-state index in [9.17, 15) is 0 Å². The SMILES string of the molecule is CSCC(C)C(N)Cc1c(C)cc(C)cc1C. The average Bonchev–Trinajstić information content (AvgIpc) is 2.23. The molecule has 1 nitrogen and oxygen atoms in total. The molecule has 0 heterocycles. The van der Waals surface area contributed by atoms with Crippen molar-refractivity contribution in [2.24, 2.45) is 11.7 Å². The maximum absolute atomic E-state index is 6.30. The second kappa shape index (κ2) is 6.46. The highest BCUT2D eigenvalue weighted by atomic mass is 32.2. The van der Waals surface area contributed by atoms with Crippen LogP contribution in [0.1, 0.15) is 29.2 Å². The standard InChI is InChI=1S/C15H25NS/c1-10-6-11(2)14(12(3)7-10)8-15(16)13(4)9-17-5/h6-7,13,15H,8-9,16H2,1-5H3. The van der Waals surface area contributed by atoms with Crippen molar-refractivity contribution in [2.45, 2.75) is 40.2 Å². The van der Waals surface area contributed by atoms with Gasteiger partial charge in [0.15, 0.2) is 0 Å². The van der Waals surface area contributed by atoms with Crippen LogP contribution in [0.3, 0.4) is 0 Å². The van der Waals surface area contributed by atoms with Crippen LogP contribution < -0.4 is 5.73 Å². The lowest BCUT2D eigenvalue weighted by Gasteiger charge is -2.21. The van der Waals surface area contributed by atoms with Crippen molar-refractivity contribution in [3.05, 3.63) is 34.4 Å². The van der Waals surface area contributed by atoms with Crippen molar-refractivity contribution >= 4 is 11.8 Å². The molecule has 0 fully saturated rings. The van der Waals surface area contributed by atoms with E-state index in [-0.39, 0.29) is 6.04 Å². The zero-order chi connectivity index (χ0) is 13.0. The van der Waals surface area contributed by atoms with Crippen molar-refractivity contribution in [3.8, 4) is 0 Å². The first-order valence-corrected chi connectivity index (χ1v) is 7.66. The van der Waals surface area contributed by atoms with Gasteiger partial charge in [0.05, 0.1) is 0 Å². The first-order valence-electron chi connectivity index (χ1n) is 6.27. The van der Waals surface area contributed by atoms with Gasteiger partial charge in [-0.2, -0.15) is 11.8 Å². The molecule has 1 aromatic rings. The summed E-state index contributed by atoms with van der Waals surface area (Å²) in [5.74, 6) is 1.72. The molecule has 0 aliphatic rings. The van der Waals surface area contributed by atoms with Gasteiger partial charge in [-0.05, 0) is 61.8 Å². The molecule has 0 amide bonds. The highest BCUT2D eigenvalue weighted by molar-refractivity contribution is 7.98. The van der Waals surface area contributed by atoms with Crippen LogP contribution in [0.5, 0.6) is 0 Å². The molecule has 17 heavy (non-hydrogen) atoms. The second-order valence-corrected chi connectivity index (χ2v) is 6.09. The summed E-state index contributed by atoms with van der Waals surface area (Å²) in [5, 5.41) is 0. The quantitative estimate of drug-likeness (QED) is 0.867. The Labute approximate surface area is 110 Å². The molecule has 0 radical (unpaired) electrons. The molecular formula is C15H25NS. The van der Waals surface area contributed by atoms with Crippen LogP contribution in [0.15, 0.2) is 12.1 Å². The van der Waals surface area contributed by atoms with Crippen LogP contribution in [0.4, 0.5) is 0 Å². The number of nitrogens with two attached hydrogens (primary N) is 1. The summed E-state index contributed by atoms with van der Waals surface area (Å²) < 4.78 is 0. The minimum Gasteiger partial charge on any atom is -0.327 e. The maximum Gasteiger partial charge on any atom is 0.0113 e. The topological polar surface area (TPSA) is 26.0 Å². The second-order valence-electron chi connectivity index (χ2n) is 5.18. The van der Waals surface area contributed by atoms with E-state index in [0.29, 0.717) is 5.92 Å². The van der Waals surface area contributed by atoms with Crippen LogP contribution in [0, 0.1) is 26.7 Å². The monoisotopic (exact) mass is 251 g/mol. The van der Waals surface area contributed by atoms with Gasteiger partial charge in [0.25, 0.3) is 0 Å². The van der Waals surface area contributed by atoms with E-state index >= 15 is 0 Å². The molecule has 2 unspecified atom stereocenters. The summed E-state index contributed by atoms with van der Waals surface area (Å²) in [6, 6.07) is 4.78. The Morgan fingerprint density at radius 3 is 2.18 bits per heavy atom. The van der Waals surface area contributed by atoms with Gasteiger partial charge in [-0.1, -0.05) is 24.6 Å². The summed E-state index contributed by atoms with van der Waals surface area (Å²) in [5.41, 5.74) is 11.8. The third-order valence-electron chi connectivity index (χ3n) is 3.44. The minimum absolute atomic E-state index is 0.266. The normalized spacial score (nSPS) is 14.7. The van der Waals surface area contributed by atoms with Crippen LogP contribution >= 0.6 is 11.8 Å². The maximum atomic E-state index is 6.30. The van der Waals surface area contributed by atoms with Crippen molar-refractivity contribution in [1.82, 2.24) is 0 Å². The van der Waals surface area contributed by atoms with Crippen LogP contribution in [0.2, 0.25) is 0 Å². The van der Waals surface area contributed by atoms with Gasteiger partial charge in [-0.25, -0.2) is 0 Å². The van der Waals surface area contributed by atoms with E-state index < -0.39 is 0 Å². The summed E-state index contributed by atoms with van der Waals surface area (Å²) in [6.07, 6.45) is 3.14. The molecule has 0 spiro atoms. The van der Waals surface area contributed by atoms with Gasteiger partial charge < -0.3 is 5.73 Å². The molecule has 0 bridgehead atoms. The molecule has 0 aliphatic carbocycles. The zero-order valence-corrected chi connectivity index (χ0v) is 12.5. The molecule has 0 saturated heterocycles. The lowest BCUT2D eigenvalue weighted by Crippen LogP contribution is -2.32. The van der Waals surface area contributed by atoms with Crippen molar-refractivity contribution in [3.63, 3.8) is 0 Å². The largest absolute Gasteiger partial charge is 0.327 e. The fourth-order valence-electron chi connectivity index (χ4n) is 2.36. The summed E-state index contributed by atoms with van der Waals surface area (Å²) in [7, 11) is 0. The molecular weight excluding hydrogens is 226 g/mol. The Morgan fingerprint density at radius 1 is 1.18 bits per heavy atom. The highest BCUT2D eigenvalue weighted by Crippen LogP contribution is 2.20. The van der Waals surface area contributed by atoms with Gasteiger partial charge >= 0.3 is 0 Å². The predicted molar refractivity (Wildman–Crippen MR) is 79.9 cm³/mol. The molecule has 2 N–H and O–H groups in total. The molecule has 2 atom stereocenters. The Hall–Kier alpha value is -0.470. The fraction of sp³-hybridized carbons (Fsp3) is 0.600. The van der Waals surface area contributed by atoms with Crippen LogP contribution in [0.25, 0.3) is 0 Å². The molecule has 2 heteroatoms. The van der Waals surface area contributed by atoms with Gasteiger partial charge in [0.2, 0.25) is 0 Å². The lowest BCUT2D eigenvalue weighted by molar-refractivity contribution is 0.496. The van der Waals surface area contributed by atoms with Gasteiger partial charge in [0.1, 0.15) is 0 Å². The van der Waals surface area contributed by atoms with E-state index in [1.54, 1.807) is 0 Å².